The number of hydrogen-bond donors (Lipinski definition) is 1. The smallest absolute Gasteiger partial charge is 0.245 e. The lowest BCUT2D eigenvalue weighted by atomic mass is 9.81. The van der Waals surface area contributed by atoms with Gasteiger partial charge in [0.2, 0.25) is 5.91 Å². The first kappa shape index (κ1) is 13.4. The molecule has 3 nitrogen and oxygen atoms in total. The van der Waals surface area contributed by atoms with Gasteiger partial charge in [0.1, 0.15) is 0 Å². The van der Waals surface area contributed by atoms with E-state index in [1.165, 1.54) is 31.2 Å². The van der Waals surface area contributed by atoms with Crippen molar-refractivity contribution in [3.63, 3.8) is 0 Å². The number of nitrogens with two attached hydrogens (primary N) is 1. The maximum absolute atomic E-state index is 11.2. The first-order valence-electron chi connectivity index (χ1n) is 7.52. The fraction of sp³-hybridized carbons (Fsp3) is 0.471. The fourth-order valence-electron chi connectivity index (χ4n) is 3.53. The molecule has 20 heavy (non-hydrogen) atoms. The van der Waals surface area contributed by atoms with Crippen LogP contribution >= 0.6 is 0 Å². The number of amides is 1. The van der Waals surface area contributed by atoms with Crippen LogP contribution in [0.15, 0.2) is 42.0 Å². The lowest BCUT2D eigenvalue weighted by Gasteiger charge is -2.34. The highest BCUT2D eigenvalue weighted by atomic mass is 16.1. The van der Waals surface area contributed by atoms with Crippen molar-refractivity contribution in [2.75, 3.05) is 13.1 Å². The van der Waals surface area contributed by atoms with Crippen LogP contribution in [0.5, 0.6) is 0 Å². The summed E-state index contributed by atoms with van der Waals surface area (Å²) in [6.07, 6.45) is 6.93. The van der Waals surface area contributed by atoms with Gasteiger partial charge in [-0.25, -0.2) is 0 Å². The van der Waals surface area contributed by atoms with Gasteiger partial charge in [-0.3, -0.25) is 9.69 Å². The minimum absolute atomic E-state index is 0.259. The number of benzene rings is 1. The first-order valence-corrected chi connectivity index (χ1v) is 7.52. The van der Waals surface area contributed by atoms with Crippen molar-refractivity contribution in [3.05, 3.63) is 47.5 Å². The van der Waals surface area contributed by atoms with Crippen LogP contribution in [0.3, 0.4) is 0 Å². The highest BCUT2D eigenvalue weighted by Gasteiger charge is 2.29. The SMILES string of the molecule is NC(=O)C1=CCN(C2CCC(c3ccccc3)CC2)C1. The summed E-state index contributed by atoms with van der Waals surface area (Å²) in [4.78, 5) is 13.6. The van der Waals surface area contributed by atoms with Crippen LogP contribution in [0.4, 0.5) is 0 Å². The van der Waals surface area contributed by atoms with Crippen molar-refractivity contribution in [1.29, 1.82) is 0 Å². The molecule has 1 amide bonds. The molecular formula is C17H22N2O. The first-order chi connectivity index (χ1) is 9.74. The largest absolute Gasteiger partial charge is 0.366 e. The molecule has 106 valence electrons. The third-order valence-electron chi connectivity index (χ3n) is 4.75. The second-order valence-corrected chi connectivity index (χ2v) is 5.94. The minimum atomic E-state index is -0.259. The summed E-state index contributed by atoms with van der Waals surface area (Å²) >= 11 is 0. The van der Waals surface area contributed by atoms with Gasteiger partial charge >= 0.3 is 0 Å². The van der Waals surface area contributed by atoms with E-state index >= 15 is 0 Å². The third-order valence-corrected chi connectivity index (χ3v) is 4.75. The van der Waals surface area contributed by atoms with Crippen molar-refractivity contribution in [1.82, 2.24) is 4.90 Å². The molecule has 1 fully saturated rings. The Morgan fingerprint density at radius 1 is 1.10 bits per heavy atom. The Hall–Kier alpha value is -1.61. The Bertz CT molecular complexity index is 501. The van der Waals surface area contributed by atoms with E-state index in [1.807, 2.05) is 6.08 Å². The topological polar surface area (TPSA) is 46.3 Å². The molecular weight excluding hydrogens is 248 g/mol. The number of hydrogen-bond acceptors (Lipinski definition) is 2. The van der Waals surface area contributed by atoms with E-state index in [2.05, 4.69) is 35.2 Å². The molecule has 0 radical (unpaired) electrons. The summed E-state index contributed by atoms with van der Waals surface area (Å²) in [6, 6.07) is 11.4. The molecule has 1 aliphatic heterocycles. The quantitative estimate of drug-likeness (QED) is 0.917. The van der Waals surface area contributed by atoms with Crippen LogP contribution < -0.4 is 5.73 Å². The van der Waals surface area contributed by atoms with E-state index in [1.54, 1.807) is 0 Å². The van der Waals surface area contributed by atoms with Gasteiger partial charge in [-0.2, -0.15) is 0 Å². The van der Waals surface area contributed by atoms with Gasteiger partial charge in [0.05, 0.1) is 0 Å². The lowest BCUT2D eigenvalue weighted by molar-refractivity contribution is -0.114. The predicted molar refractivity (Wildman–Crippen MR) is 80.3 cm³/mol. The highest BCUT2D eigenvalue weighted by Crippen LogP contribution is 2.35. The lowest BCUT2D eigenvalue weighted by Crippen LogP contribution is -2.37. The second-order valence-electron chi connectivity index (χ2n) is 5.94. The molecule has 3 rings (SSSR count). The Balaban J connectivity index is 1.54. The molecule has 2 aliphatic rings. The van der Waals surface area contributed by atoms with Crippen molar-refractivity contribution >= 4 is 5.91 Å². The Labute approximate surface area is 120 Å². The molecule has 1 saturated carbocycles. The van der Waals surface area contributed by atoms with Gasteiger partial charge in [0.25, 0.3) is 0 Å². The molecule has 1 aromatic carbocycles. The monoisotopic (exact) mass is 270 g/mol. The molecule has 1 aromatic rings. The van der Waals surface area contributed by atoms with Crippen LogP contribution in [0.1, 0.15) is 37.2 Å². The van der Waals surface area contributed by atoms with Crippen molar-refractivity contribution in [3.8, 4) is 0 Å². The maximum Gasteiger partial charge on any atom is 0.245 e. The summed E-state index contributed by atoms with van der Waals surface area (Å²) in [5, 5.41) is 0. The molecule has 1 heterocycles. The third kappa shape index (κ3) is 2.78. The van der Waals surface area contributed by atoms with E-state index in [0.717, 1.165) is 18.7 Å². The molecule has 0 bridgehead atoms. The van der Waals surface area contributed by atoms with Gasteiger partial charge in [-0.05, 0) is 37.2 Å². The van der Waals surface area contributed by atoms with Gasteiger partial charge < -0.3 is 5.73 Å². The minimum Gasteiger partial charge on any atom is -0.366 e. The van der Waals surface area contributed by atoms with Crippen molar-refractivity contribution in [2.45, 2.75) is 37.6 Å². The number of nitrogens with zero attached hydrogens (tertiary/aromatic N) is 1. The second kappa shape index (κ2) is 5.80. The summed E-state index contributed by atoms with van der Waals surface area (Å²) in [7, 11) is 0. The molecule has 0 unspecified atom stereocenters. The number of rotatable bonds is 3. The number of primary amides is 1. The predicted octanol–water partition coefficient (Wildman–Crippen LogP) is 2.44. The van der Waals surface area contributed by atoms with E-state index in [4.69, 9.17) is 5.73 Å². The van der Waals surface area contributed by atoms with Crippen molar-refractivity contribution < 1.29 is 4.79 Å². The van der Waals surface area contributed by atoms with Gasteiger partial charge in [-0.15, -0.1) is 0 Å². The van der Waals surface area contributed by atoms with E-state index in [9.17, 15) is 4.79 Å². The average molecular weight is 270 g/mol. The van der Waals surface area contributed by atoms with Crippen LogP contribution in [0.2, 0.25) is 0 Å². The Morgan fingerprint density at radius 2 is 1.80 bits per heavy atom. The molecule has 0 spiro atoms. The summed E-state index contributed by atoms with van der Waals surface area (Å²) in [5.41, 5.74) is 7.62. The maximum atomic E-state index is 11.2. The molecule has 0 saturated heterocycles. The molecule has 0 aromatic heterocycles. The summed E-state index contributed by atoms with van der Waals surface area (Å²) < 4.78 is 0. The zero-order valence-electron chi connectivity index (χ0n) is 11.8. The molecule has 0 atom stereocenters. The summed E-state index contributed by atoms with van der Waals surface area (Å²) in [5.74, 6) is 0.448. The van der Waals surface area contributed by atoms with Crippen LogP contribution in [0, 0.1) is 0 Å². The van der Waals surface area contributed by atoms with E-state index in [-0.39, 0.29) is 5.91 Å². The Morgan fingerprint density at radius 3 is 2.40 bits per heavy atom. The Kier molecular flexibility index (Phi) is 3.88. The van der Waals surface area contributed by atoms with Crippen LogP contribution in [-0.4, -0.2) is 29.9 Å². The van der Waals surface area contributed by atoms with Gasteiger partial charge in [0, 0.05) is 24.7 Å². The van der Waals surface area contributed by atoms with E-state index < -0.39 is 0 Å². The molecule has 1 aliphatic carbocycles. The van der Waals surface area contributed by atoms with Crippen LogP contribution in [0.25, 0.3) is 0 Å². The van der Waals surface area contributed by atoms with Gasteiger partial charge in [-0.1, -0.05) is 36.4 Å². The zero-order valence-corrected chi connectivity index (χ0v) is 11.8. The van der Waals surface area contributed by atoms with Gasteiger partial charge in [0.15, 0.2) is 0 Å². The van der Waals surface area contributed by atoms with E-state index in [0.29, 0.717) is 12.0 Å². The zero-order chi connectivity index (χ0) is 13.9. The average Bonchev–Trinajstić information content (AvgIpc) is 2.98. The number of carbonyl (C=O) groups excluding carboxylic acids is 1. The standard InChI is InChI=1S/C17H22N2O/c18-17(20)15-10-11-19(12-15)16-8-6-14(7-9-16)13-4-2-1-3-5-13/h1-5,10,14,16H,6-9,11-12H2,(H2,18,20). The normalized spacial score (nSPS) is 27.3. The molecule has 2 N–H and O–H groups in total. The van der Waals surface area contributed by atoms with Crippen molar-refractivity contribution in [2.24, 2.45) is 5.73 Å². The summed E-state index contributed by atoms with van der Waals surface area (Å²) in [6.45, 7) is 1.63. The molecule has 3 heteroatoms. The van der Waals surface area contributed by atoms with Crippen LogP contribution in [-0.2, 0) is 4.79 Å². The highest BCUT2D eigenvalue weighted by molar-refractivity contribution is 5.92. The number of carbonyl (C=O) groups is 1. The fourth-order valence-corrected chi connectivity index (χ4v) is 3.53.